The van der Waals surface area contributed by atoms with Crippen LogP contribution in [0.25, 0.3) is 0 Å². The molecule has 2 atom stereocenters. The van der Waals surface area contributed by atoms with Crippen molar-refractivity contribution in [1.29, 1.82) is 0 Å². The predicted octanol–water partition coefficient (Wildman–Crippen LogP) is 0.683. The molecule has 4 N–H and O–H groups in total. The number of para-hydroxylation sites is 1. The van der Waals surface area contributed by atoms with Gasteiger partial charge in [-0.3, -0.25) is 9.59 Å². The maximum absolute atomic E-state index is 12.3. The summed E-state index contributed by atoms with van der Waals surface area (Å²) in [6.07, 6.45) is 3.61. The number of hydrogen-bond donors (Lipinski definition) is 3. The standard InChI is InChI=1S/C17H23N3O2S/c1-2-10-23-15-8-4-3-7-14(15)19-16(21)12-20-9-5-6-13(11-20)17(18)22/h2-4,7-8,13H,1,5-6,9-12H2,(H2,18,22)(H,19,21)/p+1/t13-/m1/s1. The first kappa shape index (κ1) is 17.6. The minimum atomic E-state index is -0.256. The van der Waals surface area contributed by atoms with E-state index in [9.17, 15) is 9.59 Å². The van der Waals surface area contributed by atoms with Gasteiger partial charge in [0.15, 0.2) is 6.54 Å². The quantitative estimate of drug-likeness (QED) is 0.507. The summed E-state index contributed by atoms with van der Waals surface area (Å²) in [5.74, 6) is 0.400. The van der Waals surface area contributed by atoms with Crippen molar-refractivity contribution in [2.24, 2.45) is 11.7 Å². The van der Waals surface area contributed by atoms with Gasteiger partial charge in [-0.25, -0.2) is 0 Å². The number of carbonyl (C=O) groups excluding carboxylic acids is 2. The number of hydrogen-bond acceptors (Lipinski definition) is 3. The lowest BCUT2D eigenvalue weighted by atomic mass is 9.97. The zero-order chi connectivity index (χ0) is 16.7. The lowest BCUT2D eigenvalue weighted by molar-refractivity contribution is -0.899. The van der Waals surface area contributed by atoms with Gasteiger partial charge in [-0.1, -0.05) is 18.2 Å². The van der Waals surface area contributed by atoms with Crippen LogP contribution in [0.15, 0.2) is 41.8 Å². The Bertz CT molecular complexity index is 577. The number of quaternary nitrogens is 1. The Morgan fingerprint density at radius 1 is 1.43 bits per heavy atom. The molecule has 1 aliphatic rings. The van der Waals surface area contributed by atoms with Gasteiger partial charge < -0.3 is 16.0 Å². The number of nitrogens with two attached hydrogens (primary N) is 1. The highest BCUT2D eigenvalue weighted by atomic mass is 32.2. The Hall–Kier alpha value is -1.79. The highest BCUT2D eigenvalue weighted by Gasteiger charge is 2.28. The van der Waals surface area contributed by atoms with Gasteiger partial charge in [-0.05, 0) is 25.0 Å². The molecule has 0 radical (unpaired) electrons. The molecule has 0 spiro atoms. The number of anilines is 1. The topological polar surface area (TPSA) is 76.6 Å². The number of amides is 2. The summed E-state index contributed by atoms with van der Waals surface area (Å²) in [5.41, 5.74) is 6.21. The van der Waals surface area contributed by atoms with Crippen LogP contribution in [0.3, 0.4) is 0 Å². The molecule has 1 aromatic rings. The average Bonchev–Trinajstić information content (AvgIpc) is 2.54. The van der Waals surface area contributed by atoms with Crippen LogP contribution < -0.4 is 16.0 Å². The third-order valence-electron chi connectivity index (χ3n) is 3.95. The number of carbonyl (C=O) groups is 2. The van der Waals surface area contributed by atoms with E-state index in [0.29, 0.717) is 13.1 Å². The van der Waals surface area contributed by atoms with Crippen molar-refractivity contribution < 1.29 is 14.5 Å². The second-order valence-electron chi connectivity index (χ2n) is 5.77. The molecule has 0 aliphatic carbocycles. The van der Waals surface area contributed by atoms with Crippen molar-refractivity contribution in [2.75, 3.05) is 30.7 Å². The Kier molecular flexibility index (Phi) is 6.67. The first-order chi connectivity index (χ1) is 11.1. The van der Waals surface area contributed by atoms with Crippen LogP contribution in [0.4, 0.5) is 5.69 Å². The van der Waals surface area contributed by atoms with Crippen molar-refractivity contribution in [3.05, 3.63) is 36.9 Å². The number of rotatable bonds is 7. The van der Waals surface area contributed by atoms with Crippen LogP contribution in [0, 0.1) is 5.92 Å². The van der Waals surface area contributed by atoms with Crippen LogP contribution in [0.1, 0.15) is 12.8 Å². The molecule has 6 heteroatoms. The van der Waals surface area contributed by atoms with E-state index in [1.165, 1.54) is 0 Å². The van der Waals surface area contributed by atoms with Crippen molar-refractivity contribution in [1.82, 2.24) is 0 Å². The van der Waals surface area contributed by atoms with Gasteiger partial charge >= 0.3 is 0 Å². The Labute approximate surface area is 141 Å². The molecule has 1 saturated heterocycles. The van der Waals surface area contributed by atoms with Crippen LogP contribution in [0.2, 0.25) is 0 Å². The normalized spacial score (nSPS) is 20.7. The third kappa shape index (κ3) is 5.41. The molecule has 1 aromatic carbocycles. The van der Waals surface area contributed by atoms with Crippen LogP contribution in [-0.4, -0.2) is 37.2 Å². The molecule has 0 aromatic heterocycles. The Morgan fingerprint density at radius 3 is 2.96 bits per heavy atom. The molecule has 1 aliphatic heterocycles. The lowest BCUT2D eigenvalue weighted by Crippen LogP contribution is -3.14. The molecule has 124 valence electrons. The average molecular weight is 334 g/mol. The second-order valence-corrected chi connectivity index (χ2v) is 6.83. The number of likely N-dealkylation sites (tertiary alicyclic amines) is 1. The fourth-order valence-electron chi connectivity index (χ4n) is 2.82. The molecule has 1 fully saturated rings. The van der Waals surface area contributed by atoms with Gasteiger partial charge in [0.25, 0.3) is 5.91 Å². The molecule has 0 bridgehead atoms. The van der Waals surface area contributed by atoms with Crippen LogP contribution in [0.5, 0.6) is 0 Å². The highest BCUT2D eigenvalue weighted by Crippen LogP contribution is 2.26. The molecule has 1 unspecified atom stereocenters. The zero-order valence-corrected chi connectivity index (χ0v) is 14.0. The van der Waals surface area contributed by atoms with E-state index in [1.54, 1.807) is 11.8 Å². The number of nitrogens with one attached hydrogen (secondary N) is 2. The fourth-order valence-corrected chi connectivity index (χ4v) is 3.57. The number of piperidine rings is 1. The van der Waals surface area contributed by atoms with E-state index in [1.807, 2.05) is 30.3 Å². The van der Waals surface area contributed by atoms with Gasteiger partial charge in [-0.15, -0.1) is 18.3 Å². The second kappa shape index (κ2) is 8.74. The fraction of sp³-hybridized carbons (Fsp3) is 0.412. The van der Waals surface area contributed by atoms with E-state index in [2.05, 4.69) is 11.9 Å². The van der Waals surface area contributed by atoms with E-state index < -0.39 is 0 Å². The highest BCUT2D eigenvalue weighted by molar-refractivity contribution is 7.99. The Balaban J connectivity index is 1.92. The molecule has 2 rings (SSSR count). The monoisotopic (exact) mass is 334 g/mol. The van der Waals surface area contributed by atoms with Crippen molar-refractivity contribution in [2.45, 2.75) is 17.7 Å². The molecule has 1 heterocycles. The summed E-state index contributed by atoms with van der Waals surface area (Å²) in [6, 6.07) is 7.75. The Morgan fingerprint density at radius 2 is 2.22 bits per heavy atom. The van der Waals surface area contributed by atoms with Crippen molar-refractivity contribution in [3.8, 4) is 0 Å². The molecule has 23 heavy (non-hydrogen) atoms. The summed E-state index contributed by atoms with van der Waals surface area (Å²) in [4.78, 5) is 25.8. The first-order valence-corrected chi connectivity index (χ1v) is 8.84. The smallest absolute Gasteiger partial charge is 0.279 e. The van der Waals surface area contributed by atoms with Crippen LogP contribution >= 0.6 is 11.8 Å². The molecule has 2 amide bonds. The van der Waals surface area contributed by atoms with Gasteiger partial charge in [0.1, 0.15) is 0 Å². The maximum Gasteiger partial charge on any atom is 0.279 e. The van der Waals surface area contributed by atoms with E-state index in [4.69, 9.17) is 5.73 Å². The predicted molar refractivity (Wildman–Crippen MR) is 93.5 cm³/mol. The third-order valence-corrected chi connectivity index (χ3v) is 5.02. The van der Waals surface area contributed by atoms with Crippen LogP contribution in [-0.2, 0) is 9.59 Å². The number of thioether (sulfide) groups is 1. The largest absolute Gasteiger partial charge is 0.369 e. The molecular formula is C17H24N3O2S+. The number of benzene rings is 1. The van der Waals surface area contributed by atoms with E-state index in [-0.39, 0.29) is 17.7 Å². The minimum Gasteiger partial charge on any atom is -0.369 e. The summed E-state index contributed by atoms with van der Waals surface area (Å²) < 4.78 is 0. The summed E-state index contributed by atoms with van der Waals surface area (Å²) in [6.45, 7) is 5.64. The minimum absolute atomic E-state index is 0.0308. The summed E-state index contributed by atoms with van der Waals surface area (Å²) in [7, 11) is 0. The van der Waals surface area contributed by atoms with Gasteiger partial charge in [0.2, 0.25) is 5.91 Å². The molecule has 0 saturated carbocycles. The number of primary amides is 1. The zero-order valence-electron chi connectivity index (χ0n) is 13.2. The van der Waals surface area contributed by atoms with E-state index >= 15 is 0 Å². The van der Waals surface area contributed by atoms with Crippen molar-refractivity contribution >= 4 is 29.3 Å². The summed E-state index contributed by atoms with van der Waals surface area (Å²) in [5, 5.41) is 2.98. The SMILES string of the molecule is C=CCSc1ccccc1NC(=O)C[NH+]1CCC[C@@H](C(N)=O)C1. The van der Waals surface area contributed by atoms with Gasteiger partial charge in [-0.2, -0.15) is 0 Å². The first-order valence-electron chi connectivity index (χ1n) is 7.85. The molecule has 5 nitrogen and oxygen atoms in total. The molecular weight excluding hydrogens is 310 g/mol. The van der Waals surface area contributed by atoms with Gasteiger partial charge in [0, 0.05) is 10.6 Å². The van der Waals surface area contributed by atoms with Gasteiger partial charge in [0.05, 0.1) is 24.7 Å². The maximum atomic E-state index is 12.3. The summed E-state index contributed by atoms with van der Waals surface area (Å²) >= 11 is 1.64. The van der Waals surface area contributed by atoms with E-state index in [0.717, 1.165) is 40.6 Å². The van der Waals surface area contributed by atoms with Crippen molar-refractivity contribution in [3.63, 3.8) is 0 Å². The lowest BCUT2D eigenvalue weighted by Gasteiger charge is -2.27.